The van der Waals surface area contributed by atoms with Crippen LogP contribution in [0, 0.1) is 16.7 Å². The van der Waals surface area contributed by atoms with E-state index in [0.29, 0.717) is 16.7 Å². The van der Waals surface area contributed by atoms with Gasteiger partial charge >= 0.3 is 0 Å². The van der Waals surface area contributed by atoms with Crippen molar-refractivity contribution >= 4 is 11.4 Å². The Morgan fingerprint density at radius 2 is 2.06 bits per heavy atom. The van der Waals surface area contributed by atoms with Crippen molar-refractivity contribution in [3.05, 3.63) is 23.8 Å². The molecule has 1 aromatic carbocycles. The highest BCUT2D eigenvalue weighted by Gasteiger charge is 2.23. The smallest absolute Gasteiger partial charge is 0.0992 e. The van der Waals surface area contributed by atoms with Crippen LogP contribution >= 0.6 is 0 Å². The molecule has 3 nitrogen and oxygen atoms in total. The number of rotatable bonds is 1. The highest BCUT2D eigenvalue weighted by atomic mass is 15.1. The molecule has 0 aliphatic carbocycles. The van der Waals surface area contributed by atoms with Crippen molar-refractivity contribution in [1.29, 1.82) is 5.26 Å². The van der Waals surface area contributed by atoms with Crippen molar-refractivity contribution in [1.82, 2.24) is 0 Å². The normalized spacial score (nSPS) is 19.1. The van der Waals surface area contributed by atoms with Crippen LogP contribution in [0.15, 0.2) is 18.2 Å². The van der Waals surface area contributed by atoms with Gasteiger partial charge < -0.3 is 10.6 Å². The Balaban J connectivity index is 2.19. The molecule has 1 heterocycles. The molecule has 0 unspecified atom stereocenters. The second kappa shape index (κ2) is 4.89. The SMILES string of the molecule is CC1(C)CCCN(c2ccc(C#N)cc2N)CC1. The minimum Gasteiger partial charge on any atom is -0.397 e. The molecule has 1 saturated heterocycles. The summed E-state index contributed by atoms with van der Waals surface area (Å²) in [5, 5.41) is 8.86. The molecule has 0 radical (unpaired) electrons. The number of benzene rings is 1. The van der Waals surface area contributed by atoms with Crippen LogP contribution in [0.1, 0.15) is 38.7 Å². The van der Waals surface area contributed by atoms with Crippen LogP contribution in [0.2, 0.25) is 0 Å². The molecule has 0 atom stereocenters. The van der Waals surface area contributed by atoms with Gasteiger partial charge in [-0.05, 0) is 42.9 Å². The van der Waals surface area contributed by atoms with E-state index in [-0.39, 0.29) is 0 Å². The van der Waals surface area contributed by atoms with E-state index in [1.54, 1.807) is 6.07 Å². The van der Waals surface area contributed by atoms with E-state index in [9.17, 15) is 0 Å². The number of nitriles is 1. The maximum absolute atomic E-state index is 8.86. The van der Waals surface area contributed by atoms with Gasteiger partial charge in [0.1, 0.15) is 0 Å². The Bertz CT molecular complexity index is 471. The standard InChI is InChI=1S/C15H21N3/c1-15(2)6-3-8-18(9-7-15)14-5-4-12(11-16)10-13(14)17/h4-5,10H,3,6-9,17H2,1-2H3. The monoisotopic (exact) mass is 243 g/mol. The molecule has 96 valence electrons. The molecular formula is C15H21N3. The lowest BCUT2D eigenvalue weighted by molar-refractivity contribution is 0.325. The first-order valence-electron chi connectivity index (χ1n) is 6.56. The highest BCUT2D eigenvalue weighted by molar-refractivity contribution is 5.69. The van der Waals surface area contributed by atoms with E-state index in [4.69, 9.17) is 11.0 Å². The predicted octanol–water partition coefficient (Wildman–Crippen LogP) is 3.16. The molecule has 1 aliphatic rings. The molecule has 2 rings (SSSR count). The summed E-state index contributed by atoms with van der Waals surface area (Å²) < 4.78 is 0. The van der Waals surface area contributed by atoms with E-state index in [2.05, 4.69) is 24.8 Å². The minimum absolute atomic E-state index is 0.427. The Morgan fingerprint density at radius 3 is 2.72 bits per heavy atom. The van der Waals surface area contributed by atoms with Gasteiger partial charge in [-0.3, -0.25) is 0 Å². The summed E-state index contributed by atoms with van der Waals surface area (Å²) >= 11 is 0. The van der Waals surface area contributed by atoms with Crippen LogP contribution in [-0.4, -0.2) is 13.1 Å². The number of hydrogen-bond acceptors (Lipinski definition) is 3. The first-order chi connectivity index (χ1) is 8.52. The highest BCUT2D eigenvalue weighted by Crippen LogP contribution is 2.33. The predicted molar refractivity (Wildman–Crippen MR) is 75.4 cm³/mol. The first kappa shape index (κ1) is 12.8. The van der Waals surface area contributed by atoms with Crippen molar-refractivity contribution < 1.29 is 0 Å². The number of nitrogens with two attached hydrogens (primary N) is 1. The number of nitrogens with zero attached hydrogens (tertiary/aromatic N) is 2. The summed E-state index contributed by atoms with van der Waals surface area (Å²) in [5.41, 5.74) is 8.90. The zero-order chi connectivity index (χ0) is 13.2. The van der Waals surface area contributed by atoms with Gasteiger partial charge in [0.05, 0.1) is 23.0 Å². The molecule has 0 aromatic heterocycles. The summed E-state index contributed by atoms with van der Waals surface area (Å²) in [6.45, 7) is 6.76. The fraction of sp³-hybridized carbons (Fsp3) is 0.533. The second-order valence-corrected chi connectivity index (χ2v) is 5.89. The maximum Gasteiger partial charge on any atom is 0.0992 e. The topological polar surface area (TPSA) is 53.0 Å². The molecule has 1 aliphatic heterocycles. The molecule has 0 bridgehead atoms. The molecule has 2 N–H and O–H groups in total. The Hall–Kier alpha value is -1.69. The summed E-state index contributed by atoms with van der Waals surface area (Å²) in [4.78, 5) is 2.35. The van der Waals surface area contributed by atoms with Crippen molar-refractivity contribution in [2.45, 2.75) is 33.1 Å². The Morgan fingerprint density at radius 1 is 1.28 bits per heavy atom. The Kier molecular flexibility index (Phi) is 3.47. The average molecular weight is 243 g/mol. The van der Waals surface area contributed by atoms with Crippen LogP contribution in [0.25, 0.3) is 0 Å². The Labute approximate surface area is 109 Å². The third-order valence-electron chi connectivity index (χ3n) is 3.84. The van der Waals surface area contributed by atoms with Gasteiger partial charge in [0.15, 0.2) is 0 Å². The fourth-order valence-electron chi connectivity index (χ4n) is 2.58. The minimum atomic E-state index is 0.427. The first-order valence-corrected chi connectivity index (χ1v) is 6.56. The number of nitrogen functional groups attached to an aromatic ring is 1. The lowest BCUT2D eigenvalue weighted by Crippen LogP contribution is -2.25. The molecule has 0 saturated carbocycles. The molecule has 1 aromatic rings. The zero-order valence-corrected chi connectivity index (χ0v) is 11.2. The van der Waals surface area contributed by atoms with Gasteiger partial charge in [0.2, 0.25) is 0 Å². The third-order valence-corrected chi connectivity index (χ3v) is 3.84. The molecule has 0 amide bonds. The van der Waals surface area contributed by atoms with Crippen molar-refractivity contribution in [2.24, 2.45) is 5.41 Å². The van der Waals surface area contributed by atoms with Gasteiger partial charge in [0, 0.05) is 13.1 Å². The van der Waals surface area contributed by atoms with Gasteiger partial charge in [-0.25, -0.2) is 0 Å². The van der Waals surface area contributed by atoms with E-state index in [1.807, 2.05) is 12.1 Å². The average Bonchev–Trinajstić information content (AvgIpc) is 2.50. The van der Waals surface area contributed by atoms with Gasteiger partial charge in [-0.2, -0.15) is 5.26 Å². The zero-order valence-electron chi connectivity index (χ0n) is 11.2. The fourth-order valence-corrected chi connectivity index (χ4v) is 2.58. The molecular weight excluding hydrogens is 222 g/mol. The number of anilines is 2. The molecule has 1 fully saturated rings. The van der Waals surface area contributed by atoms with Gasteiger partial charge in [-0.1, -0.05) is 13.8 Å². The van der Waals surface area contributed by atoms with Crippen LogP contribution < -0.4 is 10.6 Å². The van der Waals surface area contributed by atoms with Crippen LogP contribution in [0.3, 0.4) is 0 Å². The van der Waals surface area contributed by atoms with Gasteiger partial charge in [0.25, 0.3) is 0 Å². The van der Waals surface area contributed by atoms with Crippen LogP contribution in [-0.2, 0) is 0 Å². The summed E-state index contributed by atoms with van der Waals surface area (Å²) in [7, 11) is 0. The molecule has 3 heteroatoms. The van der Waals surface area contributed by atoms with E-state index < -0.39 is 0 Å². The lowest BCUT2D eigenvalue weighted by Gasteiger charge is -2.26. The van der Waals surface area contributed by atoms with Crippen LogP contribution in [0.4, 0.5) is 11.4 Å². The van der Waals surface area contributed by atoms with Crippen molar-refractivity contribution in [3.63, 3.8) is 0 Å². The second-order valence-electron chi connectivity index (χ2n) is 5.89. The number of hydrogen-bond donors (Lipinski definition) is 1. The lowest BCUT2D eigenvalue weighted by atomic mass is 9.85. The largest absolute Gasteiger partial charge is 0.397 e. The summed E-state index contributed by atoms with van der Waals surface area (Å²) in [5.74, 6) is 0. The van der Waals surface area contributed by atoms with E-state index >= 15 is 0 Å². The quantitative estimate of drug-likeness (QED) is 0.771. The van der Waals surface area contributed by atoms with E-state index in [1.165, 1.54) is 19.3 Å². The van der Waals surface area contributed by atoms with Crippen molar-refractivity contribution in [3.8, 4) is 6.07 Å². The maximum atomic E-state index is 8.86. The summed E-state index contributed by atoms with van der Waals surface area (Å²) in [6, 6.07) is 7.72. The van der Waals surface area contributed by atoms with Crippen LogP contribution in [0.5, 0.6) is 0 Å². The van der Waals surface area contributed by atoms with Gasteiger partial charge in [-0.15, -0.1) is 0 Å². The third kappa shape index (κ3) is 2.76. The van der Waals surface area contributed by atoms with E-state index in [0.717, 1.165) is 18.8 Å². The van der Waals surface area contributed by atoms with Crippen molar-refractivity contribution in [2.75, 3.05) is 23.7 Å². The molecule has 18 heavy (non-hydrogen) atoms. The summed E-state index contributed by atoms with van der Waals surface area (Å²) in [6.07, 6.45) is 3.65. The molecule has 0 spiro atoms.